The third-order valence-electron chi connectivity index (χ3n) is 2.47. The van der Waals surface area contributed by atoms with Crippen molar-refractivity contribution in [2.75, 3.05) is 5.73 Å². The van der Waals surface area contributed by atoms with Crippen LogP contribution in [0.25, 0.3) is 0 Å². The zero-order valence-electron chi connectivity index (χ0n) is 9.21. The summed E-state index contributed by atoms with van der Waals surface area (Å²) in [6.45, 7) is 8.32. The van der Waals surface area contributed by atoms with Crippen molar-refractivity contribution in [3.05, 3.63) is 10.7 Å². The van der Waals surface area contributed by atoms with E-state index in [0.29, 0.717) is 22.8 Å². The monoisotopic (exact) mass is 215 g/mol. The average Bonchev–Trinajstić information content (AvgIpc) is 2.43. The highest BCUT2D eigenvalue weighted by Crippen LogP contribution is 2.31. The lowest BCUT2D eigenvalue weighted by Crippen LogP contribution is -2.09. The minimum absolute atomic E-state index is 0.306. The molecule has 1 unspecified atom stereocenters. The molecule has 80 valence electrons. The summed E-state index contributed by atoms with van der Waals surface area (Å²) in [5, 5.41) is 5.05. The number of halogens is 1. The Labute approximate surface area is 90.2 Å². The number of nitrogen functional groups attached to an aromatic ring is 1. The molecule has 0 aliphatic carbocycles. The number of hydrogen-bond acceptors (Lipinski definition) is 2. The SMILES string of the molecule is CCC(C)n1nc(C(C)C)c(Cl)c1N. The smallest absolute Gasteiger partial charge is 0.141 e. The molecule has 14 heavy (non-hydrogen) atoms. The summed E-state index contributed by atoms with van der Waals surface area (Å²) < 4.78 is 1.82. The Kier molecular flexibility index (Phi) is 3.43. The molecule has 2 N–H and O–H groups in total. The van der Waals surface area contributed by atoms with Gasteiger partial charge in [0.05, 0.1) is 11.7 Å². The summed E-state index contributed by atoms with van der Waals surface area (Å²) in [6.07, 6.45) is 1.000. The summed E-state index contributed by atoms with van der Waals surface area (Å²) >= 11 is 6.10. The van der Waals surface area contributed by atoms with E-state index in [1.807, 2.05) is 4.68 Å². The van der Waals surface area contributed by atoms with Crippen molar-refractivity contribution in [2.45, 2.75) is 46.1 Å². The average molecular weight is 216 g/mol. The van der Waals surface area contributed by atoms with E-state index in [1.165, 1.54) is 0 Å². The van der Waals surface area contributed by atoms with Crippen LogP contribution < -0.4 is 5.73 Å². The second-order valence-corrected chi connectivity index (χ2v) is 4.32. The van der Waals surface area contributed by atoms with Crippen LogP contribution in [0, 0.1) is 0 Å². The van der Waals surface area contributed by atoms with Crippen LogP contribution in [-0.4, -0.2) is 9.78 Å². The molecule has 0 saturated heterocycles. The van der Waals surface area contributed by atoms with Crippen molar-refractivity contribution in [3.8, 4) is 0 Å². The Bertz CT molecular complexity index is 317. The molecule has 0 amide bonds. The van der Waals surface area contributed by atoms with E-state index in [4.69, 9.17) is 17.3 Å². The van der Waals surface area contributed by atoms with Crippen LogP contribution in [0.5, 0.6) is 0 Å². The van der Waals surface area contributed by atoms with Gasteiger partial charge in [-0.25, -0.2) is 4.68 Å². The molecule has 3 nitrogen and oxygen atoms in total. The zero-order chi connectivity index (χ0) is 10.9. The Morgan fingerprint density at radius 2 is 2.00 bits per heavy atom. The van der Waals surface area contributed by atoms with Gasteiger partial charge in [0.15, 0.2) is 0 Å². The van der Waals surface area contributed by atoms with Gasteiger partial charge in [0.25, 0.3) is 0 Å². The van der Waals surface area contributed by atoms with Crippen molar-refractivity contribution >= 4 is 17.4 Å². The van der Waals surface area contributed by atoms with E-state index < -0.39 is 0 Å². The predicted molar refractivity (Wildman–Crippen MR) is 60.7 cm³/mol. The minimum atomic E-state index is 0.306. The van der Waals surface area contributed by atoms with Gasteiger partial charge in [-0.1, -0.05) is 32.4 Å². The van der Waals surface area contributed by atoms with Gasteiger partial charge < -0.3 is 5.73 Å². The summed E-state index contributed by atoms with van der Waals surface area (Å²) in [7, 11) is 0. The summed E-state index contributed by atoms with van der Waals surface area (Å²) in [4.78, 5) is 0. The number of hydrogen-bond donors (Lipinski definition) is 1. The first-order valence-corrected chi connectivity index (χ1v) is 5.40. The first-order valence-electron chi connectivity index (χ1n) is 5.02. The number of nitrogens with zero attached hydrogens (tertiary/aromatic N) is 2. The van der Waals surface area contributed by atoms with Crippen LogP contribution in [0.4, 0.5) is 5.82 Å². The van der Waals surface area contributed by atoms with Gasteiger partial charge in [0.2, 0.25) is 0 Å². The van der Waals surface area contributed by atoms with Gasteiger partial charge in [-0.2, -0.15) is 5.10 Å². The van der Waals surface area contributed by atoms with E-state index >= 15 is 0 Å². The summed E-state index contributed by atoms with van der Waals surface area (Å²) in [5.74, 6) is 0.903. The molecule has 0 aliphatic heterocycles. The van der Waals surface area contributed by atoms with Crippen molar-refractivity contribution in [1.29, 1.82) is 0 Å². The quantitative estimate of drug-likeness (QED) is 0.842. The number of anilines is 1. The largest absolute Gasteiger partial charge is 0.383 e. The molecule has 4 heteroatoms. The van der Waals surface area contributed by atoms with E-state index in [9.17, 15) is 0 Å². The second-order valence-electron chi connectivity index (χ2n) is 3.94. The van der Waals surface area contributed by atoms with Crippen LogP contribution in [0.1, 0.15) is 51.8 Å². The standard InChI is InChI=1S/C10H18ClN3/c1-5-7(4)14-10(12)8(11)9(13-14)6(2)3/h6-7H,5,12H2,1-4H3. The maximum absolute atomic E-state index is 6.10. The van der Waals surface area contributed by atoms with E-state index in [0.717, 1.165) is 12.1 Å². The number of rotatable bonds is 3. The van der Waals surface area contributed by atoms with Gasteiger partial charge in [-0.15, -0.1) is 0 Å². The first kappa shape index (κ1) is 11.4. The highest BCUT2D eigenvalue weighted by Gasteiger charge is 2.18. The van der Waals surface area contributed by atoms with Gasteiger partial charge in [0.1, 0.15) is 10.8 Å². The molecule has 0 bridgehead atoms. The number of aromatic nitrogens is 2. The fourth-order valence-electron chi connectivity index (χ4n) is 1.32. The van der Waals surface area contributed by atoms with E-state index in [-0.39, 0.29) is 0 Å². The molecular weight excluding hydrogens is 198 g/mol. The van der Waals surface area contributed by atoms with Gasteiger partial charge in [-0.05, 0) is 19.3 Å². The topological polar surface area (TPSA) is 43.8 Å². The Morgan fingerprint density at radius 3 is 2.36 bits per heavy atom. The maximum Gasteiger partial charge on any atom is 0.141 e. The predicted octanol–water partition coefficient (Wildman–Crippen LogP) is 3.21. The van der Waals surface area contributed by atoms with Crippen LogP contribution in [0.2, 0.25) is 5.02 Å². The minimum Gasteiger partial charge on any atom is -0.383 e. The molecule has 0 spiro atoms. The maximum atomic E-state index is 6.10. The molecule has 0 aromatic carbocycles. The lowest BCUT2D eigenvalue weighted by molar-refractivity contribution is 0.478. The Balaban J connectivity index is 3.15. The highest BCUT2D eigenvalue weighted by atomic mass is 35.5. The molecule has 1 aromatic heterocycles. The summed E-state index contributed by atoms with van der Waals surface area (Å²) in [6, 6.07) is 0.306. The molecule has 0 aliphatic rings. The molecular formula is C10H18ClN3. The van der Waals surface area contributed by atoms with Crippen LogP contribution in [0.3, 0.4) is 0 Å². The van der Waals surface area contributed by atoms with Crippen LogP contribution >= 0.6 is 11.6 Å². The normalized spacial score (nSPS) is 13.6. The van der Waals surface area contributed by atoms with Crippen LogP contribution in [-0.2, 0) is 0 Å². The zero-order valence-corrected chi connectivity index (χ0v) is 9.97. The lowest BCUT2D eigenvalue weighted by atomic mass is 10.1. The highest BCUT2D eigenvalue weighted by molar-refractivity contribution is 6.33. The first-order chi connectivity index (χ1) is 6.49. The van der Waals surface area contributed by atoms with E-state index in [1.54, 1.807) is 0 Å². The molecule has 0 fully saturated rings. The van der Waals surface area contributed by atoms with Crippen LogP contribution in [0.15, 0.2) is 0 Å². The molecule has 0 radical (unpaired) electrons. The van der Waals surface area contributed by atoms with Gasteiger partial charge in [0, 0.05) is 0 Å². The fraction of sp³-hybridized carbons (Fsp3) is 0.700. The second kappa shape index (κ2) is 4.22. The Morgan fingerprint density at radius 1 is 1.43 bits per heavy atom. The van der Waals surface area contributed by atoms with E-state index in [2.05, 4.69) is 32.8 Å². The van der Waals surface area contributed by atoms with Gasteiger partial charge >= 0.3 is 0 Å². The molecule has 1 rings (SSSR count). The molecule has 1 heterocycles. The van der Waals surface area contributed by atoms with Crippen molar-refractivity contribution in [2.24, 2.45) is 0 Å². The molecule has 1 atom stereocenters. The number of nitrogens with two attached hydrogens (primary N) is 1. The summed E-state index contributed by atoms with van der Waals surface area (Å²) in [5.41, 5.74) is 6.78. The lowest BCUT2D eigenvalue weighted by Gasteiger charge is -2.10. The fourth-order valence-corrected chi connectivity index (χ4v) is 1.67. The van der Waals surface area contributed by atoms with Crippen molar-refractivity contribution < 1.29 is 0 Å². The van der Waals surface area contributed by atoms with Crippen molar-refractivity contribution in [1.82, 2.24) is 9.78 Å². The third kappa shape index (κ3) is 1.87. The van der Waals surface area contributed by atoms with Crippen molar-refractivity contribution in [3.63, 3.8) is 0 Å². The van der Waals surface area contributed by atoms with Gasteiger partial charge in [-0.3, -0.25) is 0 Å². The Hall–Kier alpha value is -0.700. The molecule has 0 saturated carbocycles. The molecule has 1 aromatic rings. The third-order valence-corrected chi connectivity index (χ3v) is 2.85.